The predicted molar refractivity (Wildman–Crippen MR) is 66.9 cm³/mol. The van der Waals surface area contributed by atoms with E-state index in [-0.39, 0.29) is 11.3 Å². The summed E-state index contributed by atoms with van der Waals surface area (Å²) in [5, 5.41) is 0. The van der Waals surface area contributed by atoms with E-state index in [1.807, 2.05) is 0 Å². The molecular formula is C12H12F3NO2S. The lowest BCUT2D eigenvalue weighted by Crippen LogP contribution is -2.38. The summed E-state index contributed by atoms with van der Waals surface area (Å²) in [5.41, 5.74) is -0.767. The molecule has 3 nitrogen and oxygen atoms in total. The maximum atomic E-state index is 13.0. The molecule has 0 spiro atoms. The molecule has 104 valence electrons. The Hall–Kier alpha value is -1.37. The van der Waals surface area contributed by atoms with E-state index in [1.54, 1.807) is 4.90 Å². The first-order valence-electron chi connectivity index (χ1n) is 5.68. The maximum Gasteiger partial charge on any atom is 0.418 e. The lowest BCUT2D eigenvalue weighted by molar-refractivity contribution is -0.137. The monoisotopic (exact) mass is 291 g/mol. The molecule has 0 aromatic heterocycles. The fraction of sp³-hybridized carbons (Fsp3) is 0.417. The number of aldehydes is 1. The highest BCUT2D eigenvalue weighted by Crippen LogP contribution is 2.37. The molecule has 0 atom stereocenters. The maximum absolute atomic E-state index is 13.0. The summed E-state index contributed by atoms with van der Waals surface area (Å²) in [7, 11) is -0.948. The van der Waals surface area contributed by atoms with Gasteiger partial charge in [-0.25, -0.2) is 0 Å². The Bertz CT molecular complexity index is 506. The molecule has 0 radical (unpaired) electrons. The van der Waals surface area contributed by atoms with Crippen LogP contribution in [0.1, 0.15) is 15.9 Å². The molecule has 7 heteroatoms. The van der Waals surface area contributed by atoms with Crippen molar-refractivity contribution in [1.82, 2.24) is 0 Å². The second-order valence-electron chi connectivity index (χ2n) is 4.23. The van der Waals surface area contributed by atoms with E-state index in [4.69, 9.17) is 0 Å². The molecule has 0 amide bonds. The molecule has 1 saturated heterocycles. The molecular weight excluding hydrogens is 279 g/mol. The summed E-state index contributed by atoms with van der Waals surface area (Å²) in [6, 6.07) is 3.53. The van der Waals surface area contributed by atoms with E-state index in [9.17, 15) is 22.2 Å². The van der Waals surface area contributed by atoms with Crippen LogP contribution in [0.3, 0.4) is 0 Å². The summed E-state index contributed by atoms with van der Waals surface area (Å²) >= 11 is 0. The first kappa shape index (κ1) is 14.0. The number of anilines is 1. The van der Waals surface area contributed by atoms with Gasteiger partial charge in [-0.15, -0.1) is 0 Å². The zero-order valence-corrected chi connectivity index (χ0v) is 10.8. The number of hydrogen-bond donors (Lipinski definition) is 0. The van der Waals surface area contributed by atoms with Crippen LogP contribution in [0, 0.1) is 0 Å². The van der Waals surface area contributed by atoms with E-state index < -0.39 is 22.5 Å². The van der Waals surface area contributed by atoms with E-state index >= 15 is 0 Å². The molecule has 0 bridgehead atoms. The SMILES string of the molecule is O=Cc1ccc(N2CCS(=O)CC2)c(C(F)(F)F)c1. The Balaban J connectivity index is 2.39. The van der Waals surface area contributed by atoms with Gasteiger partial charge in [-0.1, -0.05) is 0 Å². The number of carbonyl (C=O) groups excluding carboxylic acids is 1. The van der Waals surface area contributed by atoms with Gasteiger partial charge < -0.3 is 4.90 Å². The van der Waals surface area contributed by atoms with Crippen molar-refractivity contribution in [2.45, 2.75) is 6.18 Å². The highest BCUT2D eigenvalue weighted by Gasteiger charge is 2.35. The standard InChI is InChI=1S/C12H12F3NO2S/c13-12(14,15)10-7-9(8-17)1-2-11(10)16-3-5-19(18)6-4-16/h1-2,7-8H,3-6H2. The molecule has 1 aliphatic heterocycles. The van der Waals surface area contributed by atoms with Crippen molar-refractivity contribution in [3.63, 3.8) is 0 Å². The van der Waals surface area contributed by atoms with Crippen LogP contribution in [0.5, 0.6) is 0 Å². The minimum absolute atomic E-state index is 0.00309. The minimum atomic E-state index is -4.51. The third-order valence-corrected chi connectivity index (χ3v) is 4.26. The van der Waals surface area contributed by atoms with E-state index in [1.165, 1.54) is 12.1 Å². The van der Waals surface area contributed by atoms with Crippen molar-refractivity contribution in [3.8, 4) is 0 Å². The molecule has 0 saturated carbocycles. The summed E-state index contributed by atoms with van der Waals surface area (Å²) < 4.78 is 50.2. The minimum Gasteiger partial charge on any atom is -0.369 e. The topological polar surface area (TPSA) is 37.4 Å². The van der Waals surface area contributed by atoms with E-state index in [2.05, 4.69) is 0 Å². The summed E-state index contributed by atoms with van der Waals surface area (Å²) in [4.78, 5) is 12.2. The Labute approximate surface area is 110 Å². The largest absolute Gasteiger partial charge is 0.418 e. The number of halogens is 3. The molecule has 1 aromatic carbocycles. The highest BCUT2D eigenvalue weighted by atomic mass is 32.2. The van der Waals surface area contributed by atoms with Gasteiger partial charge in [-0.05, 0) is 18.2 Å². The third-order valence-electron chi connectivity index (χ3n) is 2.98. The number of carbonyl (C=O) groups is 1. The second-order valence-corrected chi connectivity index (χ2v) is 5.92. The van der Waals surface area contributed by atoms with Gasteiger partial charge in [0.05, 0.1) is 5.56 Å². The van der Waals surface area contributed by atoms with Crippen molar-refractivity contribution in [3.05, 3.63) is 29.3 Å². The molecule has 2 rings (SSSR count). The Morgan fingerprint density at radius 1 is 1.21 bits per heavy atom. The van der Waals surface area contributed by atoms with Gasteiger partial charge in [0.25, 0.3) is 0 Å². The molecule has 1 aliphatic rings. The molecule has 1 fully saturated rings. The average molecular weight is 291 g/mol. The molecule has 0 N–H and O–H groups in total. The van der Waals surface area contributed by atoms with Gasteiger partial charge in [0.15, 0.2) is 0 Å². The van der Waals surface area contributed by atoms with Gasteiger partial charge in [0.2, 0.25) is 0 Å². The van der Waals surface area contributed by atoms with Crippen LogP contribution in [0.2, 0.25) is 0 Å². The van der Waals surface area contributed by atoms with Crippen molar-refractivity contribution in [2.75, 3.05) is 29.5 Å². The number of nitrogens with zero attached hydrogens (tertiary/aromatic N) is 1. The molecule has 0 aliphatic carbocycles. The van der Waals surface area contributed by atoms with Crippen LogP contribution < -0.4 is 4.90 Å². The number of alkyl halides is 3. The fourth-order valence-electron chi connectivity index (χ4n) is 2.01. The van der Waals surface area contributed by atoms with Crippen molar-refractivity contribution < 1.29 is 22.2 Å². The lowest BCUT2D eigenvalue weighted by atomic mass is 10.1. The van der Waals surface area contributed by atoms with Gasteiger partial charge in [-0.2, -0.15) is 13.2 Å². The summed E-state index contributed by atoms with van der Waals surface area (Å²) in [6.07, 6.45) is -4.12. The van der Waals surface area contributed by atoms with Crippen molar-refractivity contribution >= 4 is 22.8 Å². The summed E-state index contributed by atoms with van der Waals surface area (Å²) in [5.74, 6) is 0.736. The molecule has 19 heavy (non-hydrogen) atoms. The Morgan fingerprint density at radius 3 is 2.37 bits per heavy atom. The van der Waals surface area contributed by atoms with Crippen LogP contribution in [0.4, 0.5) is 18.9 Å². The normalized spacial score (nSPS) is 17.5. The number of hydrogen-bond acceptors (Lipinski definition) is 3. The first-order chi connectivity index (χ1) is 8.91. The van der Waals surface area contributed by atoms with Crippen LogP contribution in [0.15, 0.2) is 18.2 Å². The summed E-state index contributed by atoms with van der Waals surface area (Å²) in [6.45, 7) is 0.659. The average Bonchev–Trinajstić information content (AvgIpc) is 2.38. The van der Waals surface area contributed by atoms with E-state index in [0.717, 1.165) is 6.07 Å². The van der Waals surface area contributed by atoms with Gasteiger partial charge in [0.1, 0.15) is 6.29 Å². The second kappa shape index (κ2) is 5.32. The first-order valence-corrected chi connectivity index (χ1v) is 7.17. The smallest absolute Gasteiger partial charge is 0.369 e. The fourth-order valence-corrected chi connectivity index (χ4v) is 3.06. The van der Waals surface area contributed by atoms with Gasteiger partial charge >= 0.3 is 6.18 Å². The van der Waals surface area contributed by atoms with E-state index in [0.29, 0.717) is 30.9 Å². The molecule has 1 heterocycles. The van der Waals surface area contributed by atoms with Crippen molar-refractivity contribution in [1.29, 1.82) is 0 Å². The zero-order chi connectivity index (χ0) is 14.0. The van der Waals surface area contributed by atoms with Crippen LogP contribution in [0.25, 0.3) is 0 Å². The number of benzene rings is 1. The van der Waals surface area contributed by atoms with Crippen LogP contribution in [-0.2, 0) is 17.0 Å². The molecule has 0 unspecified atom stereocenters. The van der Waals surface area contributed by atoms with Gasteiger partial charge in [-0.3, -0.25) is 9.00 Å². The third kappa shape index (κ3) is 3.15. The highest BCUT2D eigenvalue weighted by molar-refractivity contribution is 7.85. The van der Waals surface area contributed by atoms with Crippen LogP contribution in [-0.4, -0.2) is 35.1 Å². The number of rotatable bonds is 2. The molecule has 1 aromatic rings. The van der Waals surface area contributed by atoms with Crippen LogP contribution >= 0.6 is 0 Å². The Morgan fingerprint density at radius 2 is 1.84 bits per heavy atom. The Kier molecular flexibility index (Phi) is 3.93. The lowest BCUT2D eigenvalue weighted by Gasteiger charge is -2.30. The van der Waals surface area contributed by atoms with Crippen molar-refractivity contribution in [2.24, 2.45) is 0 Å². The predicted octanol–water partition coefficient (Wildman–Crippen LogP) is 2.09. The zero-order valence-electron chi connectivity index (χ0n) is 9.94. The quantitative estimate of drug-likeness (QED) is 0.783. The van der Waals surface area contributed by atoms with Gasteiger partial charge in [0, 0.05) is 46.6 Å².